The fourth-order valence-electron chi connectivity index (χ4n) is 1.63. The first-order valence-electron chi connectivity index (χ1n) is 5.71. The minimum Gasteiger partial charge on any atom is -0.453 e. The zero-order valence-electron chi connectivity index (χ0n) is 10.00. The summed E-state index contributed by atoms with van der Waals surface area (Å²) in [6, 6.07) is 9.95. The van der Waals surface area contributed by atoms with Gasteiger partial charge in [-0.15, -0.1) is 0 Å². The number of hydrogen-bond acceptors (Lipinski definition) is 2. The Hall–Kier alpha value is -1.10. The minimum absolute atomic E-state index is 0.144. The van der Waals surface area contributed by atoms with Gasteiger partial charge in [-0.3, -0.25) is 0 Å². The van der Waals surface area contributed by atoms with Crippen LogP contribution in [0.15, 0.2) is 40.9 Å². The molecule has 5 heteroatoms. The van der Waals surface area contributed by atoms with Crippen LogP contribution in [0.5, 0.6) is 11.5 Å². The lowest BCUT2D eigenvalue weighted by Gasteiger charge is -2.09. The number of benzene rings is 2. The van der Waals surface area contributed by atoms with Crippen LogP contribution in [0, 0.1) is 5.82 Å². The van der Waals surface area contributed by atoms with Crippen LogP contribution in [0.2, 0.25) is 5.02 Å². The molecule has 0 aliphatic carbocycles. The molecule has 0 heterocycles. The lowest BCUT2D eigenvalue weighted by Crippen LogP contribution is -2.03. The van der Waals surface area contributed by atoms with E-state index in [2.05, 4.69) is 15.9 Å². The van der Waals surface area contributed by atoms with Crippen molar-refractivity contribution in [2.75, 3.05) is 6.54 Å². The van der Waals surface area contributed by atoms with Crippen LogP contribution in [0.3, 0.4) is 0 Å². The summed E-state index contributed by atoms with van der Waals surface area (Å²) < 4.78 is 20.2. The van der Waals surface area contributed by atoms with Crippen molar-refractivity contribution in [2.45, 2.75) is 6.42 Å². The average Bonchev–Trinajstić information content (AvgIpc) is 2.36. The molecule has 2 rings (SSSR count). The van der Waals surface area contributed by atoms with E-state index < -0.39 is 5.82 Å². The third kappa shape index (κ3) is 3.69. The molecular formula is C14H12BrClFNO. The van der Waals surface area contributed by atoms with E-state index >= 15 is 0 Å². The molecule has 100 valence electrons. The maximum absolute atomic E-state index is 13.9. The summed E-state index contributed by atoms with van der Waals surface area (Å²) in [5.41, 5.74) is 6.27. The monoisotopic (exact) mass is 343 g/mol. The van der Waals surface area contributed by atoms with Gasteiger partial charge in [-0.25, -0.2) is 4.39 Å². The quantitative estimate of drug-likeness (QED) is 0.884. The van der Waals surface area contributed by atoms with Crippen molar-refractivity contribution >= 4 is 27.5 Å². The Bertz CT molecular complexity index is 592. The molecule has 2 nitrogen and oxygen atoms in total. The molecule has 0 amide bonds. The molecule has 0 aliphatic rings. The number of ether oxygens (including phenoxy) is 1. The molecule has 0 unspecified atom stereocenters. The summed E-state index contributed by atoms with van der Waals surface area (Å²) in [6.07, 6.45) is 0.635. The lowest BCUT2D eigenvalue weighted by molar-refractivity contribution is 0.442. The smallest absolute Gasteiger partial charge is 0.165 e. The van der Waals surface area contributed by atoms with Crippen molar-refractivity contribution in [3.63, 3.8) is 0 Å². The molecule has 0 aromatic heterocycles. The van der Waals surface area contributed by atoms with Crippen molar-refractivity contribution < 1.29 is 9.13 Å². The summed E-state index contributed by atoms with van der Waals surface area (Å²) >= 11 is 9.32. The van der Waals surface area contributed by atoms with Gasteiger partial charge in [0.2, 0.25) is 0 Å². The van der Waals surface area contributed by atoms with Crippen molar-refractivity contribution in [2.24, 2.45) is 5.73 Å². The molecule has 0 saturated heterocycles. The van der Waals surface area contributed by atoms with Gasteiger partial charge in [0.1, 0.15) is 5.75 Å². The molecule has 2 aromatic carbocycles. The highest BCUT2D eigenvalue weighted by Crippen LogP contribution is 2.32. The Balaban J connectivity index is 2.23. The van der Waals surface area contributed by atoms with Gasteiger partial charge in [-0.05, 0) is 48.9 Å². The van der Waals surface area contributed by atoms with Gasteiger partial charge in [-0.1, -0.05) is 33.6 Å². The molecular weight excluding hydrogens is 333 g/mol. The highest BCUT2D eigenvalue weighted by Gasteiger charge is 2.09. The predicted octanol–water partition coefficient (Wildman–Crippen LogP) is 4.54. The van der Waals surface area contributed by atoms with Crippen molar-refractivity contribution in [3.05, 3.63) is 57.3 Å². The lowest BCUT2D eigenvalue weighted by atomic mass is 10.1. The van der Waals surface area contributed by atoms with E-state index in [0.717, 1.165) is 10.0 Å². The number of rotatable bonds is 4. The van der Waals surface area contributed by atoms with Crippen LogP contribution in [-0.4, -0.2) is 6.54 Å². The summed E-state index contributed by atoms with van der Waals surface area (Å²) in [5, 5.41) is 0.416. The maximum atomic E-state index is 13.9. The Morgan fingerprint density at radius 2 is 1.89 bits per heavy atom. The SMILES string of the molecule is NCCc1ccc(Oc2ccc(Br)cc2Cl)c(F)c1. The first-order valence-corrected chi connectivity index (χ1v) is 6.88. The summed E-state index contributed by atoms with van der Waals surface area (Å²) in [7, 11) is 0. The van der Waals surface area contributed by atoms with E-state index in [4.69, 9.17) is 22.1 Å². The van der Waals surface area contributed by atoms with Gasteiger partial charge in [0.15, 0.2) is 11.6 Å². The molecule has 0 fully saturated rings. The zero-order valence-corrected chi connectivity index (χ0v) is 12.3. The largest absolute Gasteiger partial charge is 0.453 e. The van der Waals surface area contributed by atoms with Crippen LogP contribution in [0.25, 0.3) is 0 Å². The standard InChI is InChI=1S/C14H12BrClFNO/c15-10-2-4-13(11(16)8-10)19-14-3-1-9(5-6-18)7-12(14)17/h1-4,7-8H,5-6,18H2. The van der Waals surface area contributed by atoms with E-state index in [9.17, 15) is 4.39 Å². The van der Waals surface area contributed by atoms with Crippen molar-refractivity contribution in [1.29, 1.82) is 0 Å². The van der Waals surface area contributed by atoms with Crippen LogP contribution in [0.1, 0.15) is 5.56 Å². The Labute approximate surface area is 124 Å². The minimum atomic E-state index is -0.426. The van der Waals surface area contributed by atoms with Gasteiger partial charge >= 0.3 is 0 Å². The summed E-state index contributed by atoms with van der Waals surface area (Å²) in [5.74, 6) is 0.130. The first kappa shape index (κ1) is 14.3. The first-order chi connectivity index (χ1) is 9.10. The van der Waals surface area contributed by atoms with E-state index in [1.54, 1.807) is 30.3 Å². The van der Waals surface area contributed by atoms with Crippen LogP contribution >= 0.6 is 27.5 Å². The third-order valence-corrected chi connectivity index (χ3v) is 3.33. The van der Waals surface area contributed by atoms with Gasteiger partial charge in [-0.2, -0.15) is 0 Å². The second-order valence-corrected chi connectivity index (χ2v) is 5.30. The van der Waals surface area contributed by atoms with E-state index in [-0.39, 0.29) is 5.75 Å². The predicted molar refractivity (Wildman–Crippen MR) is 78.4 cm³/mol. The number of hydrogen-bond donors (Lipinski definition) is 1. The molecule has 0 aliphatic heterocycles. The van der Waals surface area contributed by atoms with Crippen LogP contribution < -0.4 is 10.5 Å². The normalized spacial score (nSPS) is 10.5. The van der Waals surface area contributed by atoms with Crippen LogP contribution in [0.4, 0.5) is 4.39 Å². The number of nitrogens with two attached hydrogens (primary N) is 1. The average molecular weight is 345 g/mol. The topological polar surface area (TPSA) is 35.2 Å². The molecule has 2 N–H and O–H groups in total. The molecule has 0 saturated carbocycles. The Morgan fingerprint density at radius 1 is 1.16 bits per heavy atom. The van der Waals surface area contributed by atoms with Gasteiger partial charge < -0.3 is 10.5 Å². The van der Waals surface area contributed by atoms with Gasteiger partial charge in [0.05, 0.1) is 5.02 Å². The highest BCUT2D eigenvalue weighted by atomic mass is 79.9. The van der Waals surface area contributed by atoms with Gasteiger partial charge in [0, 0.05) is 4.47 Å². The van der Waals surface area contributed by atoms with Gasteiger partial charge in [0.25, 0.3) is 0 Å². The van der Waals surface area contributed by atoms with E-state index in [0.29, 0.717) is 23.7 Å². The molecule has 0 bridgehead atoms. The molecule has 0 radical (unpaired) electrons. The summed E-state index contributed by atoms with van der Waals surface area (Å²) in [4.78, 5) is 0. The van der Waals surface area contributed by atoms with Crippen molar-refractivity contribution in [3.8, 4) is 11.5 Å². The fraction of sp³-hybridized carbons (Fsp3) is 0.143. The van der Waals surface area contributed by atoms with Crippen molar-refractivity contribution in [1.82, 2.24) is 0 Å². The third-order valence-electron chi connectivity index (χ3n) is 2.54. The highest BCUT2D eigenvalue weighted by molar-refractivity contribution is 9.10. The maximum Gasteiger partial charge on any atom is 0.165 e. The Kier molecular flexibility index (Phi) is 4.80. The second kappa shape index (κ2) is 6.37. The number of halogens is 3. The van der Waals surface area contributed by atoms with E-state index in [1.807, 2.05) is 0 Å². The van der Waals surface area contributed by atoms with Crippen LogP contribution in [-0.2, 0) is 6.42 Å². The zero-order chi connectivity index (χ0) is 13.8. The second-order valence-electron chi connectivity index (χ2n) is 3.98. The fourth-order valence-corrected chi connectivity index (χ4v) is 2.34. The molecule has 2 aromatic rings. The molecule has 0 atom stereocenters. The Morgan fingerprint density at radius 3 is 2.53 bits per heavy atom. The van der Waals surface area contributed by atoms with E-state index in [1.165, 1.54) is 6.07 Å². The molecule has 0 spiro atoms. The summed E-state index contributed by atoms with van der Waals surface area (Å²) in [6.45, 7) is 0.484. The molecule has 19 heavy (non-hydrogen) atoms.